The highest BCUT2D eigenvalue weighted by atomic mass is 79.9. The van der Waals surface area contributed by atoms with Gasteiger partial charge in [-0.3, -0.25) is 0 Å². The van der Waals surface area contributed by atoms with E-state index in [0.29, 0.717) is 12.2 Å². The van der Waals surface area contributed by atoms with Gasteiger partial charge in [-0.25, -0.2) is 8.42 Å². The number of anilines is 1. The van der Waals surface area contributed by atoms with Crippen molar-refractivity contribution in [2.45, 2.75) is 11.4 Å². The van der Waals surface area contributed by atoms with Crippen molar-refractivity contribution in [3.63, 3.8) is 0 Å². The fourth-order valence-corrected chi connectivity index (χ4v) is 4.25. The second-order valence-electron chi connectivity index (χ2n) is 4.20. The van der Waals surface area contributed by atoms with E-state index in [1.807, 2.05) is 11.4 Å². The predicted molar refractivity (Wildman–Crippen MR) is 86.5 cm³/mol. The average Bonchev–Trinajstić information content (AvgIpc) is 2.78. The molecule has 8 heteroatoms. The van der Waals surface area contributed by atoms with Crippen LogP contribution >= 0.6 is 38.9 Å². The van der Waals surface area contributed by atoms with Gasteiger partial charge in [0.15, 0.2) is 0 Å². The number of sulfonamides is 1. The lowest BCUT2D eigenvalue weighted by Gasteiger charge is -2.17. The fourth-order valence-electron chi connectivity index (χ4n) is 1.62. The predicted octanol–water partition coefficient (Wildman–Crippen LogP) is 3.57. The average molecular weight is 396 g/mol. The van der Waals surface area contributed by atoms with E-state index in [4.69, 9.17) is 17.3 Å². The van der Waals surface area contributed by atoms with Crippen LogP contribution in [-0.4, -0.2) is 19.8 Å². The minimum Gasteiger partial charge on any atom is -0.398 e. The first-order valence-electron chi connectivity index (χ1n) is 5.55. The Morgan fingerprint density at radius 3 is 2.65 bits per heavy atom. The topological polar surface area (TPSA) is 63.4 Å². The molecule has 0 atom stereocenters. The second-order valence-corrected chi connectivity index (χ2v) is 8.95. The largest absolute Gasteiger partial charge is 0.398 e. The molecule has 0 aliphatic rings. The summed E-state index contributed by atoms with van der Waals surface area (Å²) in [6, 6.07) is 6.21. The van der Waals surface area contributed by atoms with Gasteiger partial charge in [0.2, 0.25) is 10.0 Å². The smallest absolute Gasteiger partial charge is 0.243 e. The monoisotopic (exact) mass is 394 g/mol. The van der Waals surface area contributed by atoms with Crippen molar-refractivity contribution in [3.8, 4) is 0 Å². The zero-order valence-electron chi connectivity index (χ0n) is 10.5. The number of nitrogen functional groups attached to an aromatic ring is 1. The summed E-state index contributed by atoms with van der Waals surface area (Å²) in [5.41, 5.74) is 6.87. The molecular weight excluding hydrogens is 384 g/mol. The summed E-state index contributed by atoms with van der Waals surface area (Å²) in [5.74, 6) is 0. The number of nitrogens with zero attached hydrogens (tertiary/aromatic N) is 1. The third-order valence-corrected chi connectivity index (χ3v) is 6.39. The molecule has 2 N–H and O–H groups in total. The van der Waals surface area contributed by atoms with Crippen LogP contribution in [0, 0.1) is 0 Å². The molecule has 0 aliphatic heterocycles. The van der Waals surface area contributed by atoms with E-state index in [0.717, 1.165) is 9.35 Å². The van der Waals surface area contributed by atoms with Crippen molar-refractivity contribution in [2.24, 2.45) is 0 Å². The zero-order chi connectivity index (χ0) is 14.9. The first-order chi connectivity index (χ1) is 9.30. The van der Waals surface area contributed by atoms with Crippen LogP contribution in [-0.2, 0) is 16.6 Å². The highest BCUT2D eigenvalue weighted by Crippen LogP contribution is 2.26. The molecule has 0 unspecified atom stereocenters. The molecule has 20 heavy (non-hydrogen) atoms. The minimum atomic E-state index is -3.58. The first-order valence-corrected chi connectivity index (χ1v) is 9.04. The van der Waals surface area contributed by atoms with Crippen LogP contribution in [0.4, 0.5) is 5.69 Å². The molecule has 0 spiro atoms. The Bertz CT molecular complexity index is 731. The van der Waals surface area contributed by atoms with E-state index >= 15 is 0 Å². The van der Waals surface area contributed by atoms with Gasteiger partial charge in [-0.1, -0.05) is 11.6 Å². The molecule has 0 aliphatic carbocycles. The SMILES string of the molecule is CN(Cc1csc(Br)c1)S(=O)(=O)c1ccc(N)c(Cl)c1. The summed E-state index contributed by atoms with van der Waals surface area (Å²) >= 11 is 10.7. The Labute approximate surface area is 135 Å². The van der Waals surface area contributed by atoms with Crippen molar-refractivity contribution in [3.05, 3.63) is 44.0 Å². The van der Waals surface area contributed by atoms with Gasteiger partial charge >= 0.3 is 0 Å². The van der Waals surface area contributed by atoms with Crippen molar-refractivity contribution < 1.29 is 8.42 Å². The Morgan fingerprint density at radius 2 is 2.10 bits per heavy atom. The first kappa shape index (κ1) is 15.8. The van der Waals surface area contributed by atoms with E-state index < -0.39 is 10.0 Å². The number of rotatable bonds is 4. The zero-order valence-corrected chi connectivity index (χ0v) is 14.5. The highest BCUT2D eigenvalue weighted by molar-refractivity contribution is 9.11. The molecule has 2 aromatic rings. The molecule has 1 heterocycles. The maximum absolute atomic E-state index is 12.4. The van der Waals surface area contributed by atoms with E-state index in [1.165, 1.54) is 40.9 Å². The van der Waals surface area contributed by atoms with Crippen molar-refractivity contribution in [1.82, 2.24) is 4.31 Å². The maximum Gasteiger partial charge on any atom is 0.243 e. The Balaban J connectivity index is 2.27. The normalized spacial score (nSPS) is 12.0. The Kier molecular flexibility index (Phi) is 4.76. The number of halogens is 2. The van der Waals surface area contributed by atoms with E-state index in [-0.39, 0.29) is 9.92 Å². The summed E-state index contributed by atoms with van der Waals surface area (Å²) in [5, 5.41) is 2.14. The van der Waals surface area contributed by atoms with E-state index in [1.54, 1.807) is 0 Å². The number of thiophene rings is 1. The maximum atomic E-state index is 12.4. The third kappa shape index (κ3) is 3.35. The van der Waals surface area contributed by atoms with Gasteiger partial charge in [-0.2, -0.15) is 4.31 Å². The fraction of sp³-hybridized carbons (Fsp3) is 0.167. The van der Waals surface area contributed by atoms with Gasteiger partial charge in [0.25, 0.3) is 0 Å². The summed E-state index contributed by atoms with van der Waals surface area (Å²) in [6.07, 6.45) is 0. The lowest BCUT2D eigenvalue weighted by atomic mass is 10.3. The van der Waals surface area contributed by atoms with Crippen LogP contribution in [0.15, 0.2) is 38.3 Å². The van der Waals surface area contributed by atoms with Crippen LogP contribution in [0.5, 0.6) is 0 Å². The summed E-state index contributed by atoms with van der Waals surface area (Å²) < 4.78 is 27.1. The Hall–Kier alpha value is -0.600. The molecule has 0 fully saturated rings. The Morgan fingerprint density at radius 1 is 1.40 bits per heavy atom. The van der Waals surface area contributed by atoms with Crippen molar-refractivity contribution >= 4 is 54.6 Å². The van der Waals surface area contributed by atoms with Crippen LogP contribution < -0.4 is 5.73 Å². The number of hydrogen-bond acceptors (Lipinski definition) is 4. The van der Waals surface area contributed by atoms with Crippen LogP contribution in [0.25, 0.3) is 0 Å². The molecule has 2 rings (SSSR count). The quantitative estimate of drug-likeness (QED) is 0.805. The number of benzene rings is 1. The van der Waals surface area contributed by atoms with Crippen LogP contribution in [0.1, 0.15) is 5.56 Å². The van der Waals surface area contributed by atoms with Crippen molar-refractivity contribution in [2.75, 3.05) is 12.8 Å². The van der Waals surface area contributed by atoms with Gasteiger partial charge in [0.1, 0.15) is 0 Å². The molecule has 0 saturated heterocycles. The van der Waals surface area contributed by atoms with Gasteiger partial charge in [-0.15, -0.1) is 11.3 Å². The summed E-state index contributed by atoms with van der Waals surface area (Å²) in [4.78, 5) is 0.133. The second kappa shape index (κ2) is 6.03. The molecule has 0 saturated carbocycles. The third-order valence-electron chi connectivity index (χ3n) is 2.71. The summed E-state index contributed by atoms with van der Waals surface area (Å²) in [6.45, 7) is 0.298. The van der Waals surface area contributed by atoms with Gasteiger partial charge in [-0.05, 0) is 51.1 Å². The van der Waals surface area contributed by atoms with Crippen molar-refractivity contribution in [1.29, 1.82) is 0 Å². The van der Waals surface area contributed by atoms with Crippen LogP contribution in [0.3, 0.4) is 0 Å². The standard InChI is InChI=1S/C12H12BrClN2O2S2/c1-16(6-8-4-12(13)19-7-8)20(17,18)9-2-3-11(15)10(14)5-9/h2-5,7H,6,15H2,1H3. The molecule has 0 bridgehead atoms. The molecule has 1 aromatic heterocycles. The highest BCUT2D eigenvalue weighted by Gasteiger charge is 2.22. The van der Waals surface area contributed by atoms with Crippen LogP contribution in [0.2, 0.25) is 5.02 Å². The molecule has 1 aromatic carbocycles. The lowest BCUT2D eigenvalue weighted by Crippen LogP contribution is -2.26. The van der Waals surface area contributed by atoms with Gasteiger partial charge < -0.3 is 5.73 Å². The molecule has 4 nitrogen and oxygen atoms in total. The molecule has 0 radical (unpaired) electrons. The van der Waals surface area contributed by atoms with E-state index in [9.17, 15) is 8.42 Å². The summed E-state index contributed by atoms with van der Waals surface area (Å²) in [7, 11) is -2.05. The van der Waals surface area contributed by atoms with E-state index in [2.05, 4.69) is 15.9 Å². The molecule has 0 amide bonds. The van der Waals surface area contributed by atoms with Gasteiger partial charge in [0.05, 0.1) is 19.4 Å². The molecule has 108 valence electrons. The van der Waals surface area contributed by atoms with Gasteiger partial charge in [0, 0.05) is 13.6 Å². The number of nitrogens with two attached hydrogens (primary N) is 1. The lowest BCUT2D eigenvalue weighted by molar-refractivity contribution is 0.467. The molecular formula is C12H12BrClN2O2S2. The minimum absolute atomic E-state index is 0.133. The number of hydrogen-bond donors (Lipinski definition) is 1.